The number of ether oxygens (including phenoxy) is 1. The van der Waals surface area contributed by atoms with E-state index in [2.05, 4.69) is 10.6 Å². The van der Waals surface area contributed by atoms with Gasteiger partial charge in [0.05, 0.1) is 24.2 Å². The molecule has 1 aliphatic heterocycles. The van der Waals surface area contributed by atoms with Gasteiger partial charge in [-0.25, -0.2) is 13.2 Å². The number of amides is 2. The number of nitrogens with zero attached hydrogens (tertiary/aromatic N) is 1. The minimum absolute atomic E-state index is 0.0401. The summed E-state index contributed by atoms with van der Waals surface area (Å²) < 4.78 is 31.1. The van der Waals surface area contributed by atoms with Gasteiger partial charge in [-0.05, 0) is 43.2 Å². The van der Waals surface area contributed by atoms with Crippen LogP contribution in [0, 0.1) is 0 Å². The number of nitrogens with one attached hydrogen (secondary N) is 2. The van der Waals surface area contributed by atoms with Crippen molar-refractivity contribution in [1.29, 1.82) is 0 Å². The molecule has 0 spiro atoms. The molecule has 0 unspecified atom stereocenters. The zero-order valence-corrected chi connectivity index (χ0v) is 15.5. The van der Waals surface area contributed by atoms with Crippen LogP contribution in [-0.4, -0.2) is 33.9 Å². The van der Waals surface area contributed by atoms with Gasteiger partial charge >= 0.3 is 6.03 Å². The first-order valence-corrected chi connectivity index (χ1v) is 9.90. The predicted octanol–water partition coefficient (Wildman–Crippen LogP) is 3.05. The summed E-state index contributed by atoms with van der Waals surface area (Å²) in [7, 11) is -1.80. The molecular weight excluding hydrogens is 354 g/mol. The van der Waals surface area contributed by atoms with Crippen LogP contribution in [0.5, 0.6) is 5.75 Å². The zero-order valence-electron chi connectivity index (χ0n) is 14.7. The van der Waals surface area contributed by atoms with Crippen molar-refractivity contribution in [1.82, 2.24) is 0 Å². The van der Waals surface area contributed by atoms with Gasteiger partial charge in [0.15, 0.2) is 0 Å². The van der Waals surface area contributed by atoms with Crippen LogP contribution >= 0.6 is 0 Å². The van der Waals surface area contributed by atoms with Gasteiger partial charge in [-0.2, -0.15) is 0 Å². The molecule has 0 fully saturated rings. The fraction of sp³-hybridized carbons (Fsp3) is 0.278. The molecule has 1 heterocycles. The first-order chi connectivity index (χ1) is 12.4. The van der Waals surface area contributed by atoms with Crippen molar-refractivity contribution in [2.75, 3.05) is 34.3 Å². The molecule has 0 saturated heterocycles. The molecule has 0 aromatic heterocycles. The van der Waals surface area contributed by atoms with E-state index < -0.39 is 16.1 Å². The van der Waals surface area contributed by atoms with Crippen LogP contribution in [0.3, 0.4) is 0 Å². The molecule has 3 rings (SSSR count). The summed E-state index contributed by atoms with van der Waals surface area (Å²) in [6, 6.07) is 12.0. The molecule has 2 aromatic carbocycles. The van der Waals surface area contributed by atoms with Crippen LogP contribution in [-0.2, 0) is 16.4 Å². The highest BCUT2D eigenvalue weighted by Crippen LogP contribution is 2.33. The van der Waals surface area contributed by atoms with E-state index in [0.717, 1.165) is 5.56 Å². The second kappa shape index (κ2) is 7.25. The van der Waals surface area contributed by atoms with Crippen LogP contribution in [0.1, 0.15) is 12.5 Å². The van der Waals surface area contributed by atoms with E-state index in [1.54, 1.807) is 37.3 Å². The number of carbonyl (C=O) groups excluding carboxylic acids is 1. The average Bonchev–Trinajstić information content (AvgIpc) is 3.06. The number of rotatable bonds is 5. The van der Waals surface area contributed by atoms with Gasteiger partial charge in [0.1, 0.15) is 5.75 Å². The fourth-order valence-corrected chi connectivity index (χ4v) is 4.06. The lowest BCUT2D eigenvalue weighted by Crippen LogP contribution is -2.30. The van der Waals surface area contributed by atoms with Gasteiger partial charge in [0, 0.05) is 12.2 Å². The van der Waals surface area contributed by atoms with Crippen molar-refractivity contribution < 1.29 is 17.9 Å². The van der Waals surface area contributed by atoms with E-state index >= 15 is 0 Å². The zero-order chi connectivity index (χ0) is 18.7. The van der Waals surface area contributed by atoms with Crippen LogP contribution in [0.15, 0.2) is 42.5 Å². The van der Waals surface area contributed by atoms with Gasteiger partial charge in [-0.3, -0.25) is 4.31 Å². The SMILES string of the molecule is CCS(=O)(=O)N1CCc2ccc(NC(=O)Nc3ccccc3OC)cc21. The molecule has 0 saturated carbocycles. The van der Waals surface area contributed by atoms with E-state index in [1.807, 2.05) is 12.1 Å². The van der Waals surface area contributed by atoms with E-state index in [4.69, 9.17) is 4.74 Å². The Morgan fingerprint density at radius 3 is 2.69 bits per heavy atom. The second-order valence-corrected chi connectivity index (χ2v) is 8.03. The maximum atomic E-state index is 12.3. The third kappa shape index (κ3) is 3.60. The van der Waals surface area contributed by atoms with Gasteiger partial charge in [-0.15, -0.1) is 0 Å². The molecule has 2 N–H and O–H groups in total. The van der Waals surface area contributed by atoms with Crippen LogP contribution in [0.4, 0.5) is 21.9 Å². The molecule has 2 amide bonds. The number of urea groups is 1. The second-order valence-electron chi connectivity index (χ2n) is 5.85. The van der Waals surface area contributed by atoms with Crippen molar-refractivity contribution in [3.05, 3.63) is 48.0 Å². The normalized spacial score (nSPS) is 13.2. The Morgan fingerprint density at radius 1 is 1.19 bits per heavy atom. The molecule has 7 nitrogen and oxygen atoms in total. The van der Waals surface area contributed by atoms with Crippen molar-refractivity contribution >= 4 is 33.1 Å². The Balaban J connectivity index is 1.77. The molecule has 0 aliphatic carbocycles. The molecule has 8 heteroatoms. The van der Waals surface area contributed by atoms with E-state index in [1.165, 1.54) is 11.4 Å². The number of sulfonamides is 1. The topological polar surface area (TPSA) is 87.7 Å². The number of para-hydroxylation sites is 2. The van der Waals surface area contributed by atoms with Gasteiger partial charge in [0.25, 0.3) is 0 Å². The molecule has 0 bridgehead atoms. The molecule has 138 valence electrons. The summed E-state index contributed by atoms with van der Waals surface area (Å²) in [5.41, 5.74) is 2.65. The highest BCUT2D eigenvalue weighted by Gasteiger charge is 2.28. The number of anilines is 3. The monoisotopic (exact) mass is 375 g/mol. The Labute approximate surface area is 153 Å². The molecule has 26 heavy (non-hydrogen) atoms. The van der Waals surface area contributed by atoms with Gasteiger partial charge < -0.3 is 15.4 Å². The van der Waals surface area contributed by atoms with Crippen molar-refractivity contribution in [2.24, 2.45) is 0 Å². The molecule has 0 radical (unpaired) electrons. The first-order valence-electron chi connectivity index (χ1n) is 8.29. The highest BCUT2D eigenvalue weighted by atomic mass is 32.2. The summed E-state index contributed by atoms with van der Waals surface area (Å²) in [4.78, 5) is 12.3. The summed E-state index contributed by atoms with van der Waals surface area (Å²) in [6.07, 6.45) is 0.669. The van der Waals surface area contributed by atoms with Crippen LogP contribution in [0.2, 0.25) is 0 Å². The van der Waals surface area contributed by atoms with E-state index in [-0.39, 0.29) is 5.75 Å². The molecule has 0 atom stereocenters. The quantitative estimate of drug-likeness (QED) is 0.841. The molecule has 1 aliphatic rings. The van der Waals surface area contributed by atoms with E-state index in [0.29, 0.717) is 35.8 Å². The fourth-order valence-electron chi connectivity index (χ4n) is 2.90. The van der Waals surface area contributed by atoms with Crippen molar-refractivity contribution in [3.8, 4) is 5.75 Å². The minimum Gasteiger partial charge on any atom is -0.495 e. The maximum Gasteiger partial charge on any atom is 0.323 e. The molecule has 2 aromatic rings. The Morgan fingerprint density at radius 2 is 1.96 bits per heavy atom. The van der Waals surface area contributed by atoms with Crippen LogP contribution in [0.25, 0.3) is 0 Å². The van der Waals surface area contributed by atoms with Crippen LogP contribution < -0.4 is 19.7 Å². The summed E-state index contributed by atoms with van der Waals surface area (Å²) in [6.45, 7) is 2.05. The Hall–Kier alpha value is -2.74. The van der Waals surface area contributed by atoms with Crippen molar-refractivity contribution in [3.63, 3.8) is 0 Å². The largest absolute Gasteiger partial charge is 0.495 e. The average molecular weight is 375 g/mol. The van der Waals surface area contributed by atoms with E-state index in [9.17, 15) is 13.2 Å². The maximum absolute atomic E-state index is 12.3. The van der Waals surface area contributed by atoms with Gasteiger partial charge in [-0.1, -0.05) is 18.2 Å². The summed E-state index contributed by atoms with van der Waals surface area (Å²) in [5.74, 6) is 0.593. The smallest absolute Gasteiger partial charge is 0.323 e. The number of fused-ring (bicyclic) bond motifs is 1. The Bertz CT molecular complexity index is 928. The third-order valence-corrected chi connectivity index (χ3v) is 6.03. The lowest BCUT2D eigenvalue weighted by atomic mass is 10.1. The summed E-state index contributed by atoms with van der Waals surface area (Å²) >= 11 is 0. The number of hydrogen-bond acceptors (Lipinski definition) is 4. The first kappa shape index (κ1) is 18.1. The number of carbonyl (C=O) groups is 1. The minimum atomic E-state index is -3.33. The lowest BCUT2D eigenvalue weighted by Gasteiger charge is -2.19. The van der Waals surface area contributed by atoms with Gasteiger partial charge in [0.2, 0.25) is 10.0 Å². The number of benzene rings is 2. The Kier molecular flexibility index (Phi) is 5.03. The third-order valence-electron chi connectivity index (χ3n) is 4.25. The molecular formula is C18H21N3O4S. The lowest BCUT2D eigenvalue weighted by molar-refractivity contribution is 0.262. The van der Waals surface area contributed by atoms with Crippen molar-refractivity contribution in [2.45, 2.75) is 13.3 Å². The predicted molar refractivity (Wildman–Crippen MR) is 103 cm³/mol. The number of hydrogen-bond donors (Lipinski definition) is 2. The highest BCUT2D eigenvalue weighted by molar-refractivity contribution is 7.92. The number of methoxy groups -OCH3 is 1. The standard InChI is InChI=1S/C18H21N3O4S/c1-3-26(23,24)21-11-10-13-8-9-14(12-16(13)21)19-18(22)20-15-6-4-5-7-17(15)25-2/h4-9,12H,3,10-11H2,1-2H3,(H2,19,20,22). The summed E-state index contributed by atoms with van der Waals surface area (Å²) in [5, 5.41) is 5.46.